The van der Waals surface area contributed by atoms with E-state index in [1.54, 1.807) is 6.26 Å². The van der Waals surface area contributed by atoms with Crippen LogP contribution in [0.1, 0.15) is 56.4 Å². The van der Waals surface area contributed by atoms with Crippen molar-refractivity contribution >= 4 is 5.96 Å². The van der Waals surface area contributed by atoms with E-state index >= 15 is 0 Å². The van der Waals surface area contributed by atoms with Crippen LogP contribution >= 0.6 is 0 Å². The number of fused-ring (bicyclic) bond motifs is 1. The maximum Gasteiger partial charge on any atom is 0.192 e. The highest BCUT2D eigenvalue weighted by Crippen LogP contribution is 2.46. The summed E-state index contributed by atoms with van der Waals surface area (Å²) in [6.07, 6.45) is 7.45. The average Bonchev–Trinajstić information content (AvgIpc) is 3.32. The van der Waals surface area contributed by atoms with Gasteiger partial charge in [-0.25, -0.2) is 4.99 Å². The molecule has 2 N–H and O–H groups in total. The molecule has 2 heterocycles. The van der Waals surface area contributed by atoms with Crippen LogP contribution in [0.25, 0.3) is 0 Å². The van der Waals surface area contributed by atoms with Gasteiger partial charge < -0.3 is 19.8 Å². The molecule has 0 radical (unpaired) electrons. The molecule has 0 bridgehead atoms. The van der Waals surface area contributed by atoms with Gasteiger partial charge in [-0.1, -0.05) is 18.2 Å². The minimum atomic E-state index is -0.0235. The smallest absolute Gasteiger partial charge is 0.192 e. The summed E-state index contributed by atoms with van der Waals surface area (Å²) in [5, 5.41) is 7.00. The van der Waals surface area contributed by atoms with Crippen LogP contribution in [-0.2, 0) is 6.54 Å². The fourth-order valence-electron chi connectivity index (χ4n) is 4.12. The van der Waals surface area contributed by atoms with Crippen LogP contribution in [0.5, 0.6) is 5.75 Å². The minimum absolute atomic E-state index is 0.0235. The number of rotatable bonds is 4. The van der Waals surface area contributed by atoms with Gasteiger partial charge in [-0.3, -0.25) is 0 Å². The lowest BCUT2D eigenvalue weighted by Gasteiger charge is -2.40. The Morgan fingerprint density at radius 1 is 1.19 bits per heavy atom. The van der Waals surface area contributed by atoms with Crippen LogP contribution in [0.2, 0.25) is 0 Å². The number of para-hydroxylation sites is 1. The molecular formula is C21H27N3O2. The van der Waals surface area contributed by atoms with E-state index in [1.807, 2.05) is 12.1 Å². The molecular weight excluding hydrogens is 326 g/mol. The number of ether oxygens (including phenoxy) is 1. The van der Waals surface area contributed by atoms with E-state index in [9.17, 15) is 0 Å². The van der Waals surface area contributed by atoms with Crippen LogP contribution in [0.15, 0.2) is 52.1 Å². The van der Waals surface area contributed by atoms with Crippen molar-refractivity contribution in [3.8, 4) is 5.75 Å². The summed E-state index contributed by atoms with van der Waals surface area (Å²) in [5.41, 5.74) is 1.19. The number of benzene rings is 1. The van der Waals surface area contributed by atoms with Crippen LogP contribution in [0.3, 0.4) is 0 Å². The van der Waals surface area contributed by atoms with Crippen molar-refractivity contribution in [1.29, 1.82) is 0 Å². The SMILES string of the molecule is CCNC(=NCc1ccco1)NC1CC2(CCCC2)Oc2ccccc21. The molecule has 1 aromatic heterocycles. The molecule has 1 saturated carbocycles. The molecule has 5 heteroatoms. The predicted octanol–water partition coefficient (Wildman–Crippen LogP) is 4.17. The molecule has 1 aromatic carbocycles. The monoisotopic (exact) mass is 353 g/mol. The first-order chi connectivity index (χ1) is 12.8. The van der Waals surface area contributed by atoms with Gasteiger partial charge in [0.15, 0.2) is 5.96 Å². The Balaban J connectivity index is 1.56. The Kier molecular flexibility index (Phi) is 4.87. The second-order valence-electron chi connectivity index (χ2n) is 7.21. The van der Waals surface area contributed by atoms with Gasteiger partial charge in [0, 0.05) is 18.5 Å². The van der Waals surface area contributed by atoms with Gasteiger partial charge in [0.2, 0.25) is 0 Å². The molecule has 1 aliphatic carbocycles. The summed E-state index contributed by atoms with van der Waals surface area (Å²) < 4.78 is 11.9. The Morgan fingerprint density at radius 3 is 2.81 bits per heavy atom. The summed E-state index contributed by atoms with van der Waals surface area (Å²) in [4.78, 5) is 4.70. The number of nitrogens with zero attached hydrogens (tertiary/aromatic N) is 1. The van der Waals surface area contributed by atoms with Crippen LogP contribution in [0.4, 0.5) is 0 Å². The van der Waals surface area contributed by atoms with Gasteiger partial charge >= 0.3 is 0 Å². The lowest BCUT2D eigenvalue weighted by molar-refractivity contribution is 0.0396. The molecule has 26 heavy (non-hydrogen) atoms. The lowest BCUT2D eigenvalue weighted by Crippen LogP contribution is -2.46. The molecule has 4 rings (SSSR count). The van der Waals surface area contributed by atoms with Gasteiger partial charge in [0.05, 0.1) is 12.3 Å². The molecule has 1 atom stereocenters. The maximum atomic E-state index is 6.46. The first-order valence-electron chi connectivity index (χ1n) is 9.63. The summed E-state index contributed by atoms with van der Waals surface area (Å²) >= 11 is 0. The van der Waals surface area contributed by atoms with Crippen molar-refractivity contribution in [3.05, 3.63) is 54.0 Å². The molecule has 138 valence electrons. The first kappa shape index (κ1) is 17.0. The van der Waals surface area contributed by atoms with Crippen LogP contribution in [0, 0.1) is 0 Å². The highest BCUT2D eigenvalue weighted by Gasteiger charge is 2.43. The van der Waals surface area contributed by atoms with E-state index in [0.717, 1.165) is 43.3 Å². The summed E-state index contributed by atoms with van der Waals surface area (Å²) in [6, 6.07) is 12.4. The Hall–Kier alpha value is -2.43. The van der Waals surface area contributed by atoms with E-state index < -0.39 is 0 Å². The van der Waals surface area contributed by atoms with Crippen molar-refractivity contribution < 1.29 is 9.15 Å². The van der Waals surface area contributed by atoms with E-state index in [4.69, 9.17) is 14.1 Å². The predicted molar refractivity (Wildman–Crippen MR) is 102 cm³/mol. The zero-order valence-corrected chi connectivity index (χ0v) is 15.3. The van der Waals surface area contributed by atoms with E-state index in [2.05, 4.69) is 41.8 Å². The second kappa shape index (κ2) is 7.44. The van der Waals surface area contributed by atoms with Crippen molar-refractivity contribution in [2.75, 3.05) is 6.54 Å². The zero-order valence-electron chi connectivity index (χ0n) is 15.3. The Bertz CT molecular complexity index is 748. The Morgan fingerprint density at radius 2 is 2.04 bits per heavy atom. The average molecular weight is 353 g/mol. The number of nitrogens with one attached hydrogen (secondary N) is 2. The van der Waals surface area contributed by atoms with E-state index in [1.165, 1.54) is 18.4 Å². The summed E-state index contributed by atoms with van der Waals surface area (Å²) in [5.74, 6) is 2.70. The fourth-order valence-corrected chi connectivity index (χ4v) is 4.12. The molecule has 1 spiro atoms. The van der Waals surface area contributed by atoms with Crippen molar-refractivity contribution in [3.63, 3.8) is 0 Å². The molecule has 5 nitrogen and oxygen atoms in total. The molecule has 1 unspecified atom stereocenters. The quantitative estimate of drug-likeness (QED) is 0.640. The molecule has 0 saturated heterocycles. The van der Waals surface area contributed by atoms with Crippen LogP contribution in [-0.4, -0.2) is 18.1 Å². The highest BCUT2D eigenvalue weighted by atomic mass is 16.5. The summed E-state index contributed by atoms with van der Waals surface area (Å²) in [7, 11) is 0. The van der Waals surface area contributed by atoms with E-state index in [-0.39, 0.29) is 11.6 Å². The van der Waals surface area contributed by atoms with Crippen molar-refractivity contribution in [2.45, 2.75) is 57.2 Å². The zero-order chi connectivity index (χ0) is 17.8. The number of aliphatic imine (C=N–C) groups is 1. The third-order valence-electron chi connectivity index (χ3n) is 5.34. The minimum Gasteiger partial charge on any atom is -0.487 e. The lowest BCUT2D eigenvalue weighted by atomic mass is 9.86. The fraction of sp³-hybridized carbons (Fsp3) is 0.476. The van der Waals surface area contributed by atoms with Crippen molar-refractivity contribution in [2.24, 2.45) is 4.99 Å². The molecule has 1 fully saturated rings. The van der Waals surface area contributed by atoms with Gasteiger partial charge in [-0.05, 0) is 50.8 Å². The standard InChI is InChI=1S/C21H27N3O2/c1-2-22-20(23-15-16-8-7-13-25-16)24-18-14-21(11-5-6-12-21)26-19-10-4-3-9-17(18)19/h3-4,7-10,13,18H,2,5-6,11-12,14-15H2,1H3,(H2,22,23,24). The normalized spacial score (nSPS) is 21.3. The second-order valence-corrected chi connectivity index (χ2v) is 7.21. The van der Waals surface area contributed by atoms with Crippen LogP contribution < -0.4 is 15.4 Å². The summed E-state index contributed by atoms with van der Waals surface area (Å²) in [6.45, 7) is 3.43. The highest BCUT2D eigenvalue weighted by molar-refractivity contribution is 5.80. The number of furan rings is 1. The largest absolute Gasteiger partial charge is 0.487 e. The van der Waals surface area contributed by atoms with Gasteiger partial charge in [0.1, 0.15) is 23.7 Å². The Labute approximate surface area is 154 Å². The molecule has 0 amide bonds. The van der Waals surface area contributed by atoms with Gasteiger partial charge in [-0.15, -0.1) is 0 Å². The molecule has 1 aliphatic heterocycles. The van der Waals surface area contributed by atoms with E-state index in [0.29, 0.717) is 6.54 Å². The number of hydrogen-bond donors (Lipinski definition) is 2. The topological polar surface area (TPSA) is 58.8 Å². The van der Waals surface area contributed by atoms with Gasteiger partial charge in [-0.2, -0.15) is 0 Å². The number of guanidine groups is 1. The van der Waals surface area contributed by atoms with Crippen molar-refractivity contribution in [1.82, 2.24) is 10.6 Å². The third-order valence-corrected chi connectivity index (χ3v) is 5.34. The third kappa shape index (κ3) is 3.57. The maximum absolute atomic E-state index is 6.46. The molecule has 2 aliphatic rings. The first-order valence-corrected chi connectivity index (χ1v) is 9.63. The molecule has 2 aromatic rings. The van der Waals surface area contributed by atoms with Gasteiger partial charge in [0.25, 0.3) is 0 Å². The number of hydrogen-bond acceptors (Lipinski definition) is 3.